The molecule has 1 heterocycles. The molecule has 0 aromatic carbocycles. The highest BCUT2D eigenvalue weighted by Gasteiger charge is 2.27. The van der Waals surface area contributed by atoms with Crippen LogP contribution in [0.1, 0.15) is 32.6 Å². The third kappa shape index (κ3) is 3.74. The minimum Gasteiger partial charge on any atom is -0.591 e. The van der Waals surface area contributed by atoms with Crippen molar-refractivity contribution < 1.29 is 4.55 Å². The first-order valence-corrected chi connectivity index (χ1v) is 7.73. The van der Waals surface area contributed by atoms with Gasteiger partial charge in [0.05, 0.1) is 13.7 Å². The second-order valence-electron chi connectivity index (χ2n) is 4.27. The van der Waals surface area contributed by atoms with Gasteiger partial charge in [0.1, 0.15) is 21.8 Å². The molecule has 0 aliphatic carbocycles. The number of rotatable bonds is 2. The number of halogens is 2. The van der Waals surface area contributed by atoms with Crippen LogP contribution in [0.3, 0.4) is 0 Å². The summed E-state index contributed by atoms with van der Waals surface area (Å²) in [6.07, 6.45) is 0. The molecule has 6 heteroatoms. The van der Waals surface area contributed by atoms with Gasteiger partial charge in [-0.15, -0.1) is 11.3 Å². The largest absolute Gasteiger partial charge is 0.591 e. The van der Waals surface area contributed by atoms with Gasteiger partial charge in [0.15, 0.2) is 0 Å². The Hall–Kier alpha value is 0.450. The van der Waals surface area contributed by atoms with Crippen molar-refractivity contribution in [2.75, 3.05) is 0 Å². The first-order valence-electron chi connectivity index (χ1n) is 4.64. The van der Waals surface area contributed by atoms with Crippen molar-refractivity contribution in [2.24, 2.45) is 4.40 Å². The van der Waals surface area contributed by atoms with Gasteiger partial charge in [0.2, 0.25) is 0 Å². The number of hydrogen-bond acceptors (Lipinski definition) is 3. The summed E-state index contributed by atoms with van der Waals surface area (Å²) in [5, 5.41) is 0.643. The Morgan fingerprint density at radius 3 is 2.50 bits per heavy atom. The van der Waals surface area contributed by atoms with Gasteiger partial charge in [-0.2, -0.15) is 0 Å². The molecule has 0 amide bonds. The maximum Gasteiger partial charge on any atom is 0.144 e. The molecule has 0 unspecified atom stereocenters. The molecule has 1 atom stereocenters. The van der Waals surface area contributed by atoms with Crippen molar-refractivity contribution >= 4 is 55.9 Å². The van der Waals surface area contributed by atoms with Crippen molar-refractivity contribution in [1.29, 1.82) is 0 Å². The Balaban J connectivity index is 2.98. The van der Waals surface area contributed by atoms with Crippen LogP contribution in [0.15, 0.2) is 14.3 Å². The van der Waals surface area contributed by atoms with Crippen molar-refractivity contribution in [3.8, 4) is 0 Å². The van der Waals surface area contributed by atoms with Gasteiger partial charge in [-0.25, -0.2) is 0 Å². The maximum atomic E-state index is 11.8. The molecule has 90 valence electrons. The number of nitrogens with zero attached hydrogens (tertiary/aromatic N) is 1. The fraction of sp³-hybridized carbons (Fsp3) is 0.500. The average molecular weight is 343 g/mol. The summed E-state index contributed by atoms with van der Waals surface area (Å²) >= 11 is 9.65. The molecule has 0 saturated carbocycles. The molecule has 0 fully saturated rings. The fourth-order valence-electron chi connectivity index (χ4n) is 0.890. The van der Waals surface area contributed by atoms with E-state index in [0.717, 1.165) is 8.66 Å². The summed E-state index contributed by atoms with van der Waals surface area (Å²) in [5.41, 5.74) is 0.717. The first kappa shape index (κ1) is 14.5. The van der Waals surface area contributed by atoms with Crippen molar-refractivity contribution in [3.05, 3.63) is 19.8 Å². The van der Waals surface area contributed by atoms with E-state index in [1.165, 1.54) is 11.3 Å². The van der Waals surface area contributed by atoms with Crippen molar-refractivity contribution in [2.45, 2.75) is 32.4 Å². The summed E-state index contributed by atoms with van der Waals surface area (Å²) in [7, 11) is 0. The lowest BCUT2D eigenvalue weighted by Gasteiger charge is -2.18. The van der Waals surface area contributed by atoms with E-state index in [2.05, 4.69) is 20.3 Å². The van der Waals surface area contributed by atoms with Crippen LogP contribution < -0.4 is 0 Å². The lowest BCUT2D eigenvalue weighted by atomic mass is 10.3. The zero-order valence-electron chi connectivity index (χ0n) is 9.51. The summed E-state index contributed by atoms with van der Waals surface area (Å²) in [6.45, 7) is 7.51. The third-order valence-electron chi connectivity index (χ3n) is 1.73. The number of thiophene rings is 1. The molecule has 1 aromatic rings. The van der Waals surface area contributed by atoms with E-state index in [1.807, 2.05) is 33.8 Å². The van der Waals surface area contributed by atoms with E-state index in [4.69, 9.17) is 11.6 Å². The Bertz CT molecular complexity index is 411. The van der Waals surface area contributed by atoms with E-state index < -0.39 is 11.4 Å². The fourth-order valence-corrected chi connectivity index (χ4v) is 3.56. The summed E-state index contributed by atoms with van der Waals surface area (Å²) in [4.78, 5) is 0.867. The van der Waals surface area contributed by atoms with Gasteiger partial charge in [-0.05, 0) is 49.7 Å². The third-order valence-corrected chi connectivity index (χ3v) is 5.37. The van der Waals surface area contributed by atoms with Crippen LogP contribution in [-0.4, -0.2) is 15.0 Å². The summed E-state index contributed by atoms with van der Waals surface area (Å²) in [5.74, 6) is 0. The monoisotopic (exact) mass is 341 g/mol. The Labute approximate surface area is 117 Å². The first-order chi connectivity index (χ1) is 7.21. The molecular formula is C10H13BrClNOS2. The van der Waals surface area contributed by atoms with Gasteiger partial charge in [-0.1, -0.05) is 16.0 Å². The SMILES string of the molecule is CC(=N[S@@+]([O-])C(C)(C)C)c1sc(Br)cc1Cl. The molecule has 0 saturated heterocycles. The Morgan fingerprint density at radius 1 is 1.56 bits per heavy atom. The molecule has 1 rings (SSSR count). The smallest absolute Gasteiger partial charge is 0.144 e. The lowest BCUT2D eigenvalue weighted by Crippen LogP contribution is -2.26. The van der Waals surface area contributed by atoms with Gasteiger partial charge >= 0.3 is 0 Å². The van der Waals surface area contributed by atoms with Gasteiger partial charge < -0.3 is 4.55 Å². The lowest BCUT2D eigenvalue weighted by molar-refractivity contribution is 0.561. The van der Waals surface area contributed by atoms with E-state index in [9.17, 15) is 4.55 Å². The quantitative estimate of drug-likeness (QED) is 0.578. The van der Waals surface area contributed by atoms with E-state index in [0.29, 0.717) is 10.7 Å². The zero-order chi connectivity index (χ0) is 12.5. The highest BCUT2D eigenvalue weighted by Crippen LogP contribution is 2.32. The Kier molecular flexibility index (Phi) is 4.89. The van der Waals surface area contributed by atoms with Crippen LogP contribution in [0.4, 0.5) is 0 Å². The molecule has 0 N–H and O–H groups in total. The van der Waals surface area contributed by atoms with Crippen molar-refractivity contribution in [3.63, 3.8) is 0 Å². The molecule has 1 aromatic heterocycles. The van der Waals surface area contributed by atoms with Crippen LogP contribution >= 0.6 is 38.9 Å². The van der Waals surface area contributed by atoms with Crippen LogP contribution in [0, 0.1) is 0 Å². The van der Waals surface area contributed by atoms with Gasteiger partial charge in [-0.3, -0.25) is 0 Å². The van der Waals surface area contributed by atoms with Gasteiger partial charge in [0, 0.05) is 0 Å². The van der Waals surface area contributed by atoms with E-state index in [-0.39, 0.29) is 4.75 Å². The molecule has 2 nitrogen and oxygen atoms in total. The molecule has 16 heavy (non-hydrogen) atoms. The van der Waals surface area contributed by atoms with Crippen molar-refractivity contribution in [1.82, 2.24) is 0 Å². The second-order valence-corrected chi connectivity index (χ2v) is 9.01. The summed E-state index contributed by atoms with van der Waals surface area (Å²) in [6, 6.07) is 1.82. The van der Waals surface area contributed by atoms with Crippen LogP contribution in [-0.2, 0) is 11.4 Å². The predicted octanol–water partition coefficient (Wildman–Crippen LogP) is 4.44. The highest BCUT2D eigenvalue weighted by molar-refractivity contribution is 9.11. The zero-order valence-corrected chi connectivity index (χ0v) is 13.5. The number of hydrogen-bond donors (Lipinski definition) is 0. The minimum atomic E-state index is -1.25. The molecule has 0 spiro atoms. The Morgan fingerprint density at radius 2 is 2.12 bits per heavy atom. The second kappa shape index (κ2) is 5.40. The van der Waals surface area contributed by atoms with E-state index in [1.54, 1.807) is 0 Å². The van der Waals surface area contributed by atoms with E-state index >= 15 is 0 Å². The standard InChI is InChI=1S/C10H13BrClNOS2/c1-6(13-16(14)10(2,3)4)9-7(12)5-8(11)15-9/h5H,1-4H3/t16-/m0/s1. The molecule has 0 aliphatic heterocycles. The molecular weight excluding hydrogens is 330 g/mol. The molecule has 0 aliphatic rings. The minimum absolute atomic E-state index is 0.345. The van der Waals surface area contributed by atoms with Crippen LogP contribution in [0.25, 0.3) is 0 Å². The maximum absolute atomic E-state index is 11.8. The molecule has 0 bridgehead atoms. The predicted molar refractivity (Wildman–Crippen MR) is 77.1 cm³/mol. The average Bonchev–Trinajstić information content (AvgIpc) is 2.43. The normalized spacial score (nSPS) is 15.3. The highest BCUT2D eigenvalue weighted by atomic mass is 79.9. The summed E-state index contributed by atoms with van der Waals surface area (Å²) < 4.78 is 16.6. The topological polar surface area (TPSA) is 35.4 Å². The molecule has 0 radical (unpaired) electrons. The van der Waals surface area contributed by atoms with Crippen LogP contribution in [0.5, 0.6) is 0 Å². The van der Waals surface area contributed by atoms with Gasteiger partial charge in [0.25, 0.3) is 0 Å². The van der Waals surface area contributed by atoms with Crippen LogP contribution in [0.2, 0.25) is 5.02 Å².